The third kappa shape index (κ3) is 4.63. The molecule has 0 saturated carbocycles. The number of rotatable bonds is 7. The Balaban J connectivity index is 1.83. The normalized spacial score (nSPS) is 25.0. The van der Waals surface area contributed by atoms with E-state index in [0.717, 1.165) is 0 Å². The molecular weight excluding hydrogens is 308 g/mol. The second-order valence-electron chi connectivity index (χ2n) is 5.75. The van der Waals surface area contributed by atoms with E-state index in [4.69, 9.17) is 0 Å². The first-order chi connectivity index (χ1) is 9.73. The van der Waals surface area contributed by atoms with Gasteiger partial charge < -0.3 is 0 Å². The van der Waals surface area contributed by atoms with Gasteiger partial charge in [0.05, 0.1) is 4.32 Å². The van der Waals surface area contributed by atoms with Gasteiger partial charge in [-0.15, -0.1) is 0 Å². The molecule has 0 spiro atoms. The fourth-order valence-corrected chi connectivity index (χ4v) is 3.30. The largest absolute Gasteiger partial charge is 0.0762 e. The number of benzene rings is 1. The standard InChI is InChI=1S/C19H25Br/c1-2-3-4-5-9-14-19(20)15-12-18(13-16-19)17-10-7-6-8-11-17/h6-8,10-13,15-16,18H,2-5,9,14H2,1H3. The first kappa shape index (κ1) is 15.6. The molecule has 0 amide bonds. The van der Waals surface area contributed by atoms with Gasteiger partial charge in [0.1, 0.15) is 0 Å². The Bertz CT molecular complexity index is 430. The van der Waals surface area contributed by atoms with Crippen LogP contribution in [0.4, 0.5) is 0 Å². The lowest BCUT2D eigenvalue weighted by Crippen LogP contribution is -2.17. The van der Waals surface area contributed by atoms with Crippen LogP contribution in [0.1, 0.15) is 56.9 Å². The van der Waals surface area contributed by atoms with E-state index in [9.17, 15) is 0 Å². The topological polar surface area (TPSA) is 0 Å². The van der Waals surface area contributed by atoms with Crippen molar-refractivity contribution < 1.29 is 0 Å². The molecule has 0 radical (unpaired) electrons. The first-order valence-electron chi connectivity index (χ1n) is 7.86. The van der Waals surface area contributed by atoms with Crippen molar-refractivity contribution in [1.82, 2.24) is 0 Å². The predicted octanol–water partition coefficient (Wildman–Crippen LogP) is 6.39. The number of allylic oxidation sites excluding steroid dienone is 4. The molecule has 2 rings (SSSR count). The third-order valence-electron chi connectivity index (χ3n) is 4.01. The molecule has 0 heterocycles. The molecule has 1 aromatic carbocycles. The van der Waals surface area contributed by atoms with Gasteiger partial charge >= 0.3 is 0 Å². The monoisotopic (exact) mass is 332 g/mol. The van der Waals surface area contributed by atoms with Crippen LogP contribution in [-0.4, -0.2) is 4.32 Å². The Labute approximate surface area is 132 Å². The maximum Gasteiger partial charge on any atom is 0.0617 e. The van der Waals surface area contributed by atoms with Crippen LogP contribution < -0.4 is 0 Å². The van der Waals surface area contributed by atoms with E-state index in [1.54, 1.807) is 0 Å². The molecule has 20 heavy (non-hydrogen) atoms. The molecule has 0 nitrogen and oxygen atoms in total. The molecule has 0 bridgehead atoms. The fourth-order valence-electron chi connectivity index (χ4n) is 2.71. The summed E-state index contributed by atoms with van der Waals surface area (Å²) in [6.07, 6.45) is 17.3. The molecule has 1 aromatic rings. The summed E-state index contributed by atoms with van der Waals surface area (Å²) >= 11 is 3.89. The summed E-state index contributed by atoms with van der Waals surface area (Å²) in [7, 11) is 0. The van der Waals surface area contributed by atoms with Gasteiger partial charge in [-0.2, -0.15) is 0 Å². The van der Waals surface area contributed by atoms with Gasteiger partial charge in [0.15, 0.2) is 0 Å². The van der Waals surface area contributed by atoms with Gasteiger partial charge in [-0.1, -0.05) is 110 Å². The molecule has 1 aliphatic rings. The maximum absolute atomic E-state index is 3.89. The highest BCUT2D eigenvalue weighted by molar-refractivity contribution is 9.10. The average Bonchev–Trinajstić information content (AvgIpc) is 2.49. The highest BCUT2D eigenvalue weighted by atomic mass is 79.9. The fraction of sp³-hybridized carbons (Fsp3) is 0.474. The molecule has 0 aromatic heterocycles. The van der Waals surface area contributed by atoms with E-state index >= 15 is 0 Å². The number of unbranched alkanes of at least 4 members (excludes halogenated alkanes) is 4. The van der Waals surface area contributed by atoms with Crippen LogP contribution in [0.2, 0.25) is 0 Å². The summed E-state index contributed by atoms with van der Waals surface area (Å²) in [6, 6.07) is 10.7. The van der Waals surface area contributed by atoms with Crippen LogP contribution in [0.15, 0.2) is 54.6 Å². The van der Waals surface area contributed by atoms with Gasteiger partial charge in [0.25, 0.3) is 0 Å². The molecular formula is C19H25Br. The number of hydrogen-bond donors (Lipinski definition) is 0. The Morgan fingerprint density at radius 3 is 2.25 bits per heavy atom. The van der Waals surface area contributed by atoms with Crippen molar-refractivity contribution in [2.45, 2.75) is 55.7 Å². The minimum Gasteiger partial charge on any atom is -0.0762 e. The third-order valence-corrected chi connectivity index (χ3v) is 4.93. The van der Waals surface area contributed by atoms with Gasteiger partial charge in [0, 0.05) is 5.92 Å². The lowest BCUT2D eigenvalue weighted by molar-refractivity contribution is 0.591. The van der Waals surface area contributed by atoms with Crippen molar-refractivity contribution in [1.29, 1.82) is 0 Å². The lowest BCUT2D eigenvalue weighted by atomic mass is 9.88. The van der Waals surface area contributed by atoms with E-state index < -0.39 is 0 Å². The molecule has 0 saturated heterocycles. The van der Waals surface area contributed by atoms with Crippen molar-refractivity contribution >= 4 is 15.9 Å². The Hall–Kier alpha value is -0.820. The van der Waals surface area contributed by atoms with Gasteiger partial charge in [-0.25, -0.2) is 0 Å². The van der Waals surface area contributed by atoms with Gasteiger partial charge in [-0.05, 0) is 12.0 Å². The summed E-state index contributed by atoms with van der Waals surface area (Å²) in [6.45, 7) is 2.27. The minimum absolute atomic E-state index is 0.0878. The summed E-state index contributed by atoms with van der Waals surface area (Å²) < 4.78 is 0.0878. The Morgan fingerprint density at radius 2 is 1.60 bits per heavy atom. The number of alkyl halides is 1. The quantitative estimate of drug-likeness (QED) is 0.308. The second kappa shape index (κ2) is 7.83. The van der Waals surface area contributed by atoms with Crippen LogP contribution in [0.3, 0.4) is 0 Å². The predicted molar refractivity (Wildman–Crippen MR) is 92.5 cm³/mol. The zero-order chi connectivity index (χ0) is 14.3. The number of hydrogen-bond acceptors (Lipinski definition) is 0. The molecule has 1 aliphatic carbocycles. The maximum atomic E-state index is 3.89. The second-order valence-corrected chi connectivity index (χ2v) is 7.22. The van der Waals surface area contributed by atoms with Crippen LogP contribution in [0.25, 0.3) is 0 Å². The Kier molecular flexibility index (Phi) is 6.09. The summed E-state index contributed by atoms with van der Waals surface area (Å²) in [5.41, 5.74) is 1.37. The van der Waals surface area contributed by atoms with Crippen molar-refractivity contribution in [2.24, 2.45) is 0 Å². The van der Waals surface area contributed by atoms with Crippen LogP contribution in [0.5, 0.6) is 0 Å². The molecule has 108 valence electrons. The van der Waals surface area contributed by atoms with Crippen molar-refractivity contribution in [2.75, 3.05) is 0 Å². The van der Waals surface area contributed by atoms with E-state index in [0.29, 0.717) is 5.92 Å². The molecule has 0 atom stereocenters. The summed E-state index contributed by atoms with van der Waals surface area (Å²) in [5, 5.41) is 0. The zero-order valence-electron chi connectivity index (χ0n) is 12.4. The summed E-state index contributed by atoms with van der Waals surface area (Å²) in [4.78, 5) is 0. The smallest absolute Gasteiger partial charge is 0.0617 e. The molecule has 0 N–H and O–H groups in total. The van der Waals surface area contributed by atoms with Crippen molar-refractivity contribution in [3.8, 4) is 0 Å². The van der Waals surface area contributed by atoms with Crippen LogP contribution in [0, 0.1) is 0 Å². The number of halogens is 1. The van der Waals surface area contributed by atoms with Crippen molar-refractivity contribution in [3.05, 3.63) is 60.2 Å². The molecule has 0 unspecified atom stereocenters. The van der Waals surface area contributed by atoms with Gasteiger partial charge in [0.2, 0.25) is 0 Å². The van der Waals surface area contributed by atoms with E-state index in [-0.39, 0.29) is 4.32 Å². The van der Waals surface area contributed by atoms with E-state index in [2.05, 4.69) is 77.5 Å². The van der Waals surface area contributed by atoms with Crippen LogP contribution >= 0.6 is 15.9 Å². The van der Waals surface area contributed by atoms with E-state index in [1.807, 2.05) is 0 Å². The van der Waals surface area contributed by atoms with Gasteiger partial charge in [-0.3, -0.25) is 0 Å². The molecule has 0 fully saturated rings. The van der Waals surface area contributed by atoms with Crippen molar-refractivity contribution in [3.63, 3.8) is 0 Å². The molecule has 0 aliphatic heterocycles. The first-order valence-corrected chi connectivity index (χ1v) is 8.65. The molecule has 1 heteroatoms. The lowest BCUT2D eigenvalue weighted by Gasteiger charge is -2.25. The summed E-state index contributed by atoms with van der Waals surface area (Å²) in [5.74, 6) is 0.432. The highest BCUT2D eigenvalue weighted by Gasteiger charge is 2.23. The Morgan fingerprint density at radius 1 is 0.950 bits per heavy atom. The van der Waals surface area contributed by atoms with Crippen LogP contribution in [-0.2, 0) is 0 Å². The van der Waals surface area contributed by atoms with E-state index in [1.165, 1.54) is 44.1 Å². The zero-order valence-corrected chi connectivity index (χ0v) is 14.0. The average molecular weight is 333 g/mol. The SMILES string of the molecule is CCCCCCCC1(Br)C=CC(c2ccccc2)C=C1. The minimum atomic E-state index is 0.0878. The highest BCUT2D eigenvalue weighted by Crippen LogP contribution is 2.35.